The third-order valence-corrected chi connectivity index (χ3v) is 7.59. The Hall–Kier alpha value is -3.45. The second kappa shape index (κ2) is 10.3. The first kappa shape index (κ1) is 28.6. The normalized spacial score (nSPS) is 14.7. The maximum Gasteiger partial charge on any atom is 0.407 e. The molecule has 39 heavy (non-hydrogen) atoms. The van der Waals surface area contributed by atoms with Crippen LogP contribution in [0.25, 0.3) is 21.9 Å². The van der Waals surface area contributed by atoms with Crippen LogP contribution in [-0.4, -0.2) is 53.0 Å². The molecule has 1 aliphatic heterocycles. The Morgan fingerprint density at radius 1 is 1.18 bits per heavy atom. The van der Waals surface area contributed by atoms with Gasteiger partial charge < -0.3 is 23.3 Å². The molecule has 1 aromatic heterocycles. The van der Waals surface area contributed by atoms with Crippen molar-refractivity contribution >= 4 is 27.0 Å². The van der Waals surface area contributed by atoms with E-state index in [4.69, 9.17) is 13.7 Å². The smallest absolute Gasteiger partial charge is 0.407 e. The Balaban J connectivity index is 2.10. The Kier molecular flexibility index (Phi) is 7.52. The van der Waals surface area contributed by atoms with Gasteiger partial charge in [0.2, 0.25) is 0 Å². The molecule has 0 radical (unpaired) electrons. The quantitative estimate of drug-likeness (QED) is 0.413. The maximum absolute atomic E-state index is 13.6. The van der Waals surface area contributed by atoms with Crippen LogP contribution in [0.3, 0.4) is 0 Å². The number of pyridine rings is 1. The minimum Gasteiger partial charge on any atom is -0.493 e. The topological polar surface area (TPSA) is 145 Å². The van der Waals surface area contributed by atoms with Gasteiger partial charge in [0.05, 0.1) is 23.3 Å². The van der Waals surface area contributed by atoms with Gasteiger partial charge in [0, 0.05) is 19.7 Å². The third-order valence-electron chi connectivity index (χ3n) is 6.54. The number of hydroxylamine groups is 1. The lowest BCUT2D eigenvalue weighted by atomic mass is 9.88. The standard InChI is InChI=1S/C27H32N2O9S/c1-15-17-8-7-13-36-21(17)12-11-18(15)22-19-10-9-16(38-39(34,35)29(6)33)14-20(19)25(30)28(5)23(22)24(26(31)32)37-27(2,3)4/h9-12,14,24,33H,7-8,13H2,1-6H3,(H,31,32). The summed E-state index contributed by atoms with van der Waals surface area (Å²) in [6.07, 6.45) is 0.116. The number of ether oxygens (including phenoxy) is 2. The summed E-state index contributed by atoms with van der Waals surface area (Å²) in [4.78, 5) is 26.2. The number of fused-ring (bicyclic) bond motifs is 2. The van der Waals surface area contributed by atoms with E-state index < -0.39 is 33.5 Å². The molecular weight excluding hydrogens is 528 g/mol. The van der Waals surface area contributed by atoms with Gasteiger partial charge in [0.1, 0.15) is 11.5 Å². The molecule has 0 bridgehead atoms. The van der Waals surface area contributed by atoms with Crippen LogP contribution in [-0.2, 0) is 33.3 Å². The van der Waals surface area contributed by atoms with E-state index in [0.717, 1.165) is 36.8 Å². The number of nitrogens with zero attached hydrogens (tertiary/aromatic N) is 2. The predicted octanol–water partition coefficient (Wildman–Crippen LogP) is 3.72. The zero-order chi connectivity index (χ0) is 28.9. The number of carboxylic acids is 1. The summed E-state index contributed by atoms with van der Waals surface area (Å²) in [5, 5.41) is 20.1. The molecule has 0 fully saturated rings. The number of rotatable bonds is 7. The molecule has 0 amide bonds. The molecular formula is C27H32N2O9S. The molecule has 0 saturated carbocycles. The summed E-state index contributed by atoms with van der Waals surface area (Å²) in [5.41, 5.74) is 1.73. The number of hydrogen-bond donors (Lipinski definition) is 2. The lowest BCUT2D eigenvalue weighted by molar-refractivity contribution is -0.161. The average Bonchev–Trinajstić information content (AvgIpc) is 2.85. The monoisotopic (exact) mass is 560 g/mol. The fraction of sp³-hybridized carbons (Fsp3) is 0.407. The van der Waals surface area contributed by atoms with Crippen molar-refractivity contribution in [2.24, 2.45) is 7.05 Å². The summed E-state index contributed by atoms with van der Waals surface area (Å²) in [6.45, 7) is 7.71. The van der Waals surface area contributed by atoms with Gasteiger partial charge in [0.15, 0.2) is 6.10 Å². The van der Waals surface area contributed by atoms with Gasteiger partial charge in [0.25, 0.3) is 5.56 Å². The van der Waals surface area contributed by atoms with E-state index in [0.29, 0.717) is 23.1 Å². The average molecular weight is 561 g/mol. The molecule has 2 heterocycles. The lowest BCUT2D eigenvalue weighted by Gasteiger charge is -2.29. The third kappa shape index (κ3) is 5.50. The Morgan fingerprint density at radius 3 is 2.49 bits per heavy atom. The summed E-state index contributed by atoms with van der Waals surface area (Å²) in [6, 6.07) is 7.76. The van der Waals surface area contributed by atoms with Crippen LogP contribution in [0, 0.1) is 6.92 Å². The van der Waals surface area contributed by atoms with Crippen molar-refractivity contribution in [3.63, 3.8) is 0 Å². The van der Waals surface area contributed by atoms with Crippen LogP contribution in [0.5, 0.6) is 11.5 Å². The SMILES string of the molecule is Cc1c(-c2c(C(OC(C)(C)C)C(=O)O)n(C)c(=O)c3cc(OS(=O)(=O)N(C)O)ccc23)ccc2c1CCCO2. The molecule has 4 rings (SSSR count). The van der Waals surface area contributed by atoms with Gasteiger partial charge >= 0.3 is 16.3 Å². The molecule has 210 valence electrons. The summed E-state index contributed by atoms with van der Waals surface area (Å²) in [7, 11) is -2.16. The zero-order valence-electron chi connectivity index (χ0n) is 22.6. The first-order valence-corrected chi connectivity index (χ1v) is 13.7. The molecule has 1 aliphatic rings. The molecule has 1 atom stereocenters. The highest BCUT2D eigenvalue weighted by Gasteiger charge is 2.34. The van der Waals surface area contributed by atoms with E-state index >= 15 is 0 Å². The van der Waals surface area contributed by atoms with Crippen LogP contribution in [0.15, 0.2) is 35.1 Å². The Morgan fingerprint density at radius 2 is 1.87 bits per heavy atom. The number of aliphatic carboxylic acids is 1. The van der Waals surface area contributed by atoms with Crippen LogP contribution < -0.4 is 14.5 Å². The van der Waals surface area contributed by atoms with E-state index in [1.807, 2.05) is 19.1 Å². The fourth-order valence-electron chi connectivity index (χ4n) is 4.79. The Bertz CT molecular complexity index is 1620. The van der Waals surface area contributed by atoms with Crippen molar-refractivity contribution in [1.29, 1.82) is 0 Å². The minimum atomic E-state index is -4.51. The first-order valence-electron chi connectivity index (χ1n) is 12.3. The highest BCUT2D eigenvalue weighted by Crippen LogP contribution is 2.42. The van der Waals surface area contributed by atoms with E-state index in [-0.39, 0.29) is 21.3 Å². The molecule has 12 heteroatoms. The molecule has 0 aliphatic carbocycles. The van der Waals surface area contributed by atoms with Gasteiger partial charge in [-0.3, -0.25) is 10.0 Å². The van der Waals surface area contributed by atoms with Crippen molar-refractivity contribution in [3.05, 3.63) is 57.5 Å². The molecule has 11 nitrogen and oxygen atoms in total. The van der Waals surface area contributed by atoms with Crippen molar-refractivity contribution in [3.8, 4) is 22.6 Å². The van der Waals surface area contributed by atoms with Crippen LogP contribution >= 0.6 is 0 Å². The second-order valence-corrected chi connectivity index (χ2v) is 12.0. The van der Waals surface area contributed by atoms with Crippen molar-refractivity contribution in [2.45, 2.75) is 52.2 Å². The van der Waals surface area contributed by atoms with Crippen molar-refractivity contribution < 1.29 is 37.2 Å². The van der Waals surface area contributed by atoms with E-state index in [1.165, 1.54) is 29.8 Å². The lowest BCUT2D eigenvalue weighted by Crippen LogP contribution is -2.33. The minimum absolute atomic E-state index is 0.0797. The molecule has 1 unspecified atom stereocenters. The molecule has 2 aromatic carbocycles. The number of carboxylic acid groups (broad SMARTS) is 1. The molecule has 3 aromatic rings. The van der Waals surface area contributed by atoms with Crippen LogP contribution in [0.2, 0.25) is 0 Å². The van der Waals surface area contributed by atoms with Gasteiger partial charge in [-0.15, -0.1) is 0 Å². The summed E-state index contributed by atoms with van der Waals surface area (Å²) < 4.78 is 42.1. The van der Waals surface area contributed by atoms with Crippen molar-refractivity contribution in [1.82, 2.24) is 9.04 Å². The van der Waals surface area contributed by atoms with E-state index in [2.05, 4.69) is 0 Å². The van der Waals surface area contributed by atoms with Gasteiger partial charge in [-0.1, -0.05) is 10.5 Å². The Labute approximate surface area is 226 Å². The van der Waals surface area contributed by atoms with E-state index in [1.54, 1.807) is 20.8 Å². The summed E-state index contributed by atoms with van der Waals surface area (Å²) >= 11 is 0. The zero-order valence-corrected chi connectivity index (χ0v) is 23.5. The van der Waals surface area contributed by atoms with Crippen LogP contribution in [0.4, 0.5) is 0 Å². The van der Waals surface area contributed by atoms with Gasteiger partial charge in [-0.05, 0) is 86.9 Å². The highest BCUT2D eigenvalue weighted by molar-refractivity contribution is 7.84. The number of carbonyl (C=O) groups is 1. The van der Waals surface area contributed by atoms with Crippen molar-refractivity contribution in [2.75, 3.05) is 13.7 Å². The number of benzene rings is 2. The molecule has 0 spiro atoms. The highest BCUT2D eigenvalue weighted by atomic mass is 32.2. The van der Waals surface area contributed by atoms with E-state index in [9.17, 15) is 28.3 Å². The predicted molar refractivity (Wildman–Crippen MR) is 143 cm³/mol. The second-order valence-electron chi connectivity index (χ2n) is 10.4. The summed E-state index contributed by atoms with van der Waals surface area (Å²) in [5.74, 6) is -0.708. The molecule has 0 saturated heterocycles. The van der Waals surface area contributed by atoms with Crippen LogP contribution in [0.1, 0.15) is 50.1 Å². The number of hydrogen-bond acceptors (Lipinski definition) is 8. The largest absolute Gasteiger partial charge is 0.493 e. The number of aromatic nitrogens is 1. The van der Waals surface area contributed by atoms with Gasteiger partial charge in [-0.2, -0.15) is 8.42 Å². The van der Waals surface area contributed by atoms with Gasteiger partial charge in [-0.25, -0.2) is 4.79 Å². The first-order chi connectivity index (χ1) is 18.1. The fourth-order valence-corrected chi connectivity index (χ4v) is 5.24. The molecule has 2 N–H and O–H groups in total. The maximum atomic E-state index is 13.6.